The van der Waals surface area contributed by atoms with Gasteiger partial charge in [0.05, 0.1) is 0 Å². The van der Waals surface area contributed by atoms with Crippen molar-refractivity contribution in [2.75, 3.05) is 5.73 Å². The zero-order valence-electron chi connectivity index (χ0n) is 11.1. The van der Waals surface area contributed by atoms with Gasteiger partial charge in [0.2, 0.25) is 5.95 Å². The maximum atomic E-state index is 5.80. The second kappa shape index (κ2) is 5.63. The summed E-state index contributed by atoms with van der Waals surface area (Å²) < 4.78 is 5.19. The number of nitrogens with two attached hydrogens (primary N) is 1. The Morgan fingerprint density at radius 2 is 2.05 bits per heavy atom. The number of thiophene rings is 1. The minimum atomic E-state index is 0.310. The van der Waals surface area contributed by atoms with Gasteiger partial charge in [0.25, 0.3) is 0 Å². The van der Waals surface area contributed by atoms with Crippen molar-refractivity contribution in [1.29, 1.82) is 0 Å². The molecule has 0 radical (unpaired) electrons. The molecule has 5 nitrogen and oxygen atoms in total. The summed E-state index contributed by atoms with van der Waals surface area (Å²) in [7, 11) is 0. The van der Waals surface area contributed by atoms with E-state index in [0.717, 1.165) is 38.2 Å². The van der Waals surface area contributed by atoms with Crippen molar-refractivity contribution in [2.24, 2.45) is 0 Å². The molecule has 0 aliphatic carbocycles. The molecule has 104 valence electrons. The number of rotatable bonds is 4. The standard InChI is InChI=1S/C12H13N5S3/c1-3-6-5-7-9(18-6)15-11(13)16-10(7)19-12-14-8(4-2)17-20-12/h5H,3-4H2,1-2H3,(H2,13,15,16). The smallest absolute Gasteiger partial charge is 0.222 e. The predicted octanol–water partition coefficient (Wildman–Crippen LogP) is 3.40. The highest BCUT2D eigenvalue weighted by atomic mass is 32.2. The van der Waals surface area contributed by atoms with E-state index >= 15 is 0 Å². The van der Waals surface area contributed by atoms with Crippen LogP contribution in [0.3, 0.4) is 0 Å². The zero-order valence-corrected chi connectivity index (χ0v) is 13.5. The first-order valence-electron chi connectivity index (χ1n) is 6.26. The molecule has 2 N–H and O–H groups in total. The van der Waals surface area contributed by atoms with Crippen molar-refractivity contribution < 1.29 is 0 Å². The lowest BCUT2D eigenvalue weighted by Crippen LogP contribution is -1.95. The molecular formula is C12H13N5S3. The normalized spacial score (nSPS) is 11.3. The van der Waals surface area contributed by atoms with E-state index in [-0.39, 0.29) is 0 Å². The Morgan fingerprint density at radius 1 is 1.20 bits per heavy atom. The van der Waals surface area contributed by atoms with E-state index in [9.17, 15) is 0 Å². The Kier molecular flexibility index (Phi) is 3.86. The first kappa shape index (κ1) is 13.7. The molecule has 0 spiro atoms. The van der Waals surface area contributed by atoms with E-state index in [0.29, 0.717) is 5.95 Å². The number of anilines is 1. The number of nitrogens with zero attached hydrogens (tertiary/aromatic N) is 4. The molecule has 0 saturated heterocycles. The molecule has 0 atom stereocenters. The van der Waals surface area contributed by atoms with Crippen LogP contribution in [0.25, 0.3) is 10.2 Å². The summed E-state index contributed by atoms with van der Waals surface area (Å²) in [6.07, 6.45) is 1.83. The van der Waals surface area contributed by atoms with Gasteiger partial charge >= 0.3 is 0 Å². The summed E-state index contributed by atoms with van der Waals surface area (Å²) in [6, 6.07) is 2.14. The van der Waals surface area contributed by atoms with Crippen LogP contribution in [-0.2, 0) is 12.8 Å². The van der Waals surface area contributed by atoms with Crippen LogP contribution in [0.15, 0.2) is 15.4 Å². The molecule has 0 fully saturated rings. The van der Waals surface area contributed by atoms with Crippen LogP contribution in [-0.4, -0.2) is 19.3 Å². The summed E-state index contributed by atoms with van der Waals surface area (Å²) in [6.45, 7) is 4.18. The lowest BCUT2D eigenvalue weighted by atomic mass is 10.3. The fourth-order valence-electron chi connectivity index (χ4n) is 1.72. The average molecular weight is 323 g/mol. The first-order valence-corrected chi connectivity index (χ1v) is 8.66. The maximum absolute atomic E-state index is 5.80. The van der Waals surface area contributed by atoms with Gasteiger partial charge in [0.1, 0.15) is 15.7 Å². The van der Waals surface area contributed by atoms with Crippen LogP contribution in [0, 0.1) is 0 Å². The molecule has 0 unspecified atom stereocenters. The van der Waals surface area contributed by atoms with E-state index in [1.54, 1.807) is 11.3 Å². The number of aryl methyl sites for hydroxylation is 2. The highest BCUT2D eigenvalue weighted by molar-refractivity contribution is 8.01. The van der Waals surface area contributed by atoms with E-state index in [2.05, 4.69) is 32.3 Å². The van der Waals surface area contributed by atoms with Gasteiger partial charge < -0.3 is 5.73 Å². The van der Waals surface area contributed by atoms with Gasteiger partial charge in [-0.1, -0.05) is 13.8 Å². The van der Waals surface area contributed by atoms with Gasteiger partial charge in [0.15, 0.2) is 4.34 Å². The lowest BCUT2D eigenvalue weighted by molar-refractivity contribution is 0.970. The van der Waals surface area contributed by atoms with Gasteiger partial charge in [-0.3, -0.25) is 0 Å². The Hall–Kier alpha value is -1.25. The molecule has 3 aromatic rings. The SMILES string of the molecule is CCc1nsc(Sc2nc(N)nc3sc(CC)cc23)n1. The third-order valence-corrected chi connectivity index (χ3v) is 5.69. The molecule has 0 amide bonds. The molecule has 3 aromatic heterocycles. The highest BCUT2D eigenvalue weighted by Gasteiger charge is 2.13. The second-order valence-electron chi connectivity index (χ2n) is 4.10. The van der Waals surface area contributed by atoms with E-state index in [1.807, 2.05) is 6.92 Å². The van der Waals surface area contributed by atoms with Gasteiger partial charge in [-0.05, 0) is 35.8 Å². The van der Waals surface area contributed by atoms with E-state index < -0.39 is 0 Å². The Bertz CT molecular complexity index is 749. The molecule has 0 aliphatic rings. The Balaban J connectivity index is 2.03. The van der Waals surface area contributed by atoms with Gasteiger partial charge in [-0.15, -0.1) is 11.3 Å². The van der Waals surface area contributed by atoms with E-state index in [1.165, 1.54) is 28.2 Å². The van der Waals surface area contributed by atoms with E-state index in [4.69, 9.17) is 5.73 Å². The molecule has 0 saturated carbocycles. The number of nitrogen functional groups attached to an aromatic ring is 1. The third-order valence-electron chi connectivity index (χ3n) is 2.72. The monoisotopic (exact) mass is 323 g/mol. The quantitative estimate of drug-likeness (QED) is 0.741. The largest absolute Gasteiger partial charge is 0.368 e. The van der Waals surface area contributed by atoms with Crippen molar-refractivity contribution in [3.63, 3.8) is 0 Å². The molecule has 3 heterocycles. The van der Waals surface area contributed by atoms with Crippen LogP contribution in [0.5, 0.6) is 0 Å². The average Bonchev–Trinajstić information content (AvgIpc) is 3.04. The molecule has 0 aromatic carbocycles. The number of hydrogen-bond donors (Lipinski definition) is 1. The summed E-state index contributed by atoms with van der Waals surface area (Å²) in [4.78, 5) is 15.3. The molecule has 8 heteroatoms. The third kappa shape index (κ3) is 2.63. The minimum absolute atomic E-state index is 0.310. The van der Waals surface area contributed by atoms with Crippen LogP contribution < -0.4 is 5.73 Å². The lowest BCUT2D eigenvalue weighted by Gasteiger charge is -2.00. The minimum Gasteiger partial charge on any atom is -0.368 e. The fraction of sp³-hybridized carbons (Fsp3) is 0.333. The molecule has 3 rings (SSSR count). The van der Waals surface area contributed by atoms with Crippen molar-refractivity contribution in [2.45, 2.75) is 36.1 Å². The van der Waals surface area contributed by atoms with Crippen molar-refractivity contribution in [1.82, 2.24) is 19.3 Å². The Morgan fingerprint density at radius 3 is 2.75 bits per heavy atom. The van der Waals surface area contributed by atoms with Gasteiger partial charge in [-0.2, -0.15) is 4.37 Å². The topological polar surface area (TPSA) is 77.6 Å². The number of fused-ring (bicyclic) bond motifs is 1. The summed E-state index contributed by atoms with van der Waals surface area (Å²) in [5.41, 5.74) is 5.80. The zero-order chi connectivity index (χ0) is 14.1. The molecular weight excluding hydrogens is 310 g/mol. The second-order valence-corrected chi connectivity index (χ2v) is 7.21. The number of aromatic nitrogens is 4. The Labute approximate surface area is 128 Å². The molecule has 0 aliphatic heterocycles. The predicted molar refractivity (Wildman–Crippen MR) is 84.6 cm³/mol. The maximum Gasteiger partial charge on any atom is 0.222 e. The summed E-state index contributed by atoms with van der Waals surface area (Å²) >= 11 is 4.58. The fourth-order valence-corrected chi connectivity index (χ4v) is 4.48. The van der Waals surface area contributed by atoms with Crippen molar-refractivity contribution in [3.05, 3.63) is 16.8 Å². The molecule has 20 heavy (non-hydrogen) atoms. The van der Waals surface area contributed by atoms with Crippen LogP contribution in [0.4, 0.5) is 5.95 Å². The summed E-state index contributed by atoms with van der Waals surface area (Å²) in [5.74, 6) is 1.18. The van der Waals surface area contributed by atoms with Crippen molar-refractivity contribution in [3.8, 4) is 0 Å². The van der Waals surface area contributed by atoms with Gasteiger partial charge in [-0.25, -0.2) is 15.0 Å². The highest BCUT2D eigenvalue weighted by Crippen LogP contribution is 2.36. The number of hydrogen-bond acceptors (Lipinski definition) is 8. The van der Waals surface area contributed by atoms with Crippen LogP contribution >= 0.6 is 34.6 Å². The van der Waals surface area contributed by atoms with Crippen LogP contribution in [0.2, 0.25) is 0 Å². The molecule has 0 bridgehead atoms. The first-order chi connectivity index (χ1) is 9.69. The van der Waals surface area contributed by atoms with Crippen LogP contribution in [0.1, 0.15) is 24.5 Å². The van der Waals surface area contributed by atoms with Gasteiger partial charge in [0, 0.05) is 16.7 Å². The summed E-state index contributed by atoms with van der Waals surface area (Å²) in [5, 5.41) is 1.92. The van der Waals surface area contributed by atoms with Crippen molar-refractivity contribution >= 4 is 50.8 Å².